The predicted molar refractivity (Wildman–Crippen MR) is 115 cm³/mol. The Morgan fingerprint density at radius 1 is 1.23 bits per heavy atom. The number of rotatable bonds is 5. The van der Waals surface area contributed by atoms with E-state index < -0.39 is 23.7 Å². The molecule has 1 heterocycles. The molecule has 0 unspecified atom stereocenters. The van der Waals surface area contributed by atoms with Crippen LogP contribution in [0.5, 0.6) is 0 Å². The van der Waals surface area contributed by atoms with Gasteiger partial charge in [-0.15, -0.1) is 0 Å². The van der Waals surface area contributed by atoms with Crippen molar-refractivity contribution >= 4 is 12.1 Å². The fraction of sp³-hybridized carbons (Fsp3) is 0.667. The molecule has 1 aliphatic heterocycles. The van der Waals surface area contributed by atoms with Gasteiger partial charge in [-0.05, 0) is 70.6 Å². The van der Waals surface area contributed by atoms with Crippen LogP contribution in [-0.4, -0.2) is 29.8 Å². The van der Waals surface area contributed by atoms with Crippen LogP contribution in [0.3, 0.4) is 0 Å². The molecule has 1 aromatic carbocycles. The molecule has 0 radical (unpaired) electrons. The molecule has 168 valence electrons. The first-order valence-electron chi connectivity index (χ1n) is 11.0. The third kappa shape index (κ3) is 7.62. The van der Waals surface area contributed by atoms with E-state index in [1.54, 1.807) is 32.9 Å². The summed E-state index contributed by atoms with van der Waals surface area (Å²) < 4.78 is 24.4. The number of ether oxygens (including phenoxy) is 2. The van der Waals surface area contributed by atoms with Crippen molar-refractivity contribution in [1.82, 2.24) is 5.32 Å². The van der Waals surface area contributed by atoms with Gasteiger partial charge in [-0.1, -0.05) is 38.3 Å². The van der Waals surface area contributed by atoms with E-state index in [-0.39, 0.29) is 17.8 Å². The van der Waals surface area contributed by atoms with Gasteiger partial charge in [0.05, 0.1) is 0 Å². The number of hydrogen-bond acceptors (Lipinski definition) is 4. The van der Waals surface area contributed by atoms with Crippen molar-refractivity contribution in [3.63, 3.8) is 0 Å². The summed E-state index contributed by atoms with van der Waals surface area (Å²) in [4.78, 5) is 25.0. The van der Waals surface area contributed by atoms with Crippen LogP contribution in [0.1, 0.15) is 72.3 Å². The van der Waals surface area contributed by atoms with Crippen LogP contribution >= 0.6 is 0 Å². The molecule has 1 fully saturated rings. The first-order valence-corrected chi connectivity index (χ1v) is 11.0. The summed E-state index contributed by atoms with van der Waals surface area (Å²) in [6, 6.07) is 5.82. The van der Waals surface area contributed by atoms with Crippen molar-refractivity contribution < 1.29 is 23.5 Å². The molecule has 1 amide bonds. The number of esters is 1. The van der Waals surface area contributed by atoms with Gasteiger partial charge in [0.25, 0.3) is 0 Å². The van der Waals surface area contributed by atoms with Crippen LogP contribution in [0.25, 0.3) is 0 Å². The third-order valence-electron chi connectivity index (χ3n) is 5.60. The lowest BCUT2D eigenvalue weighted by Crippen LogP contribution is -2.45. The van der Waals surface area contributed by atoms with Gasteiger partial charge in [0.2, 0.25) is 0 Å². The monoisotopic (exact) mass is 421 g/mol. The fourth-order valence-electron chi connectivity index (χ4n) is 4.19. The molecule has 2 rings (SSSR count). The lowest BCUT2D eigenvalue weighted by Gasteiger charge is -2.31. The molecule has 0 saturated carbocycles. The second kappa shape index (κ2) is 10.8. The Balaban J connectivity index is 2.14. The minimum absolute atomic E-state index is 0.139. The molecule has 1 saturated heterocycles. The molecule has 0 aromatic heterocycles. The Bertz CT molecular complexity index is 698. The van der Waals surface area contributed by atoms with E-state index in [2.05, 4.69) is 12.2 Å². The standard InChI is InChI=1S/C24H36FNO4/c1-6-8-18-9-7-10-21(26-23(28)30-24(3,4)5)22(27)29-16(2)20(18)15-17-11-13-19(25)14-12-17/h11-14,16,18,20-21H,6-10,15H2,1-5H3,(H,26,28)/t16-,18-,20-,21-/m0/s1. The normalized spacial score (nSPS) is 25.5. The lowest BCUT2D eigenvalue weighted by molar-refractivity contribution is -0.154. The van der Waals surface area contributed by atoms with Crippen LogP contribution in [0, 0.1) is 17.7 Å². The van der Waals surface area contributed by atoms with Crippen LogP contribution in [0.4, 0.5) is 9.18 Å². The van der Waals surface area contributed by atoms with Crippen molar-refractivity contribution in [3.8, 4) is 0 Å². The maximum absolute atomic E-state index is 13.3. The minimum atomic E-state index is -0.714. The molecule has 6 heteroatoms. The summed E-state index contributed by atoms with van der Waals surface area (Å²) in [5, 5.41) is 2.68. The molecule has 30 heavy (non-hydrogen) atoms. The Morgan fingerprint density at radius 3 is 2.50 bits per heavy atom. The van der Waals surface area contributed by atoms with Gasteiger partial charge in [-0.2, -0.15) is 0 Å². The molecule has 1 N–H and O–H groups in total. The fourth-order valence-corrected chi connectivity index (χ4v) is 4.19. The topological polar surface area (TPSA) is 64.6 Å². The van der Waals surface area contributed by atoms with Gasteiger partial charge in [-0.3, -0.25) is 0 Å². The summed E-state index contributed by atoms with van der Waals surface area (Å²) in [5.74, 6) is -0.147. The van der Waals surface area contributed by atoms with Gasteiger partial charge < -0.3 is 14.8 Å². The summed E-state index contributed by atoms with van der Waals surface area (Å²) in [6.45, 7) is 9.43. The highest BCUT2D eigenvalue weighted by Crippen LogP contribution is 2.33. The smallest absolute Gasteiger partial charge is 0.408 e. The maximum Gasteiger partial charge on any atom is 0.408 e. The number of alkyl carbamates (subject to hydrolysis) is 1. The zero-order chi connectivity index (χ0) is 22.3. The minimum Gasteiger partial charge on any atom is -0.461 e. The Labute approximate surface area is 179 Å². The summed E-state index contributed by atoms with van der Waals surface area (Å²) >= 11 is 0. The molecule has 4 atom stereocenters. The van der Waals surface area contributed by atoms with Crippen LogP contribution < -0.4 is 5.32 Å². The number of cyclic esters (lactones) is 1. The highest BCUT2D eigenvalue weighted by Gasteiger charge is 2.34. The number of amides is 1. The van der Waals surface area contributed by atoms with Crippen molar-refractivity contribution in [3.05, 3.63) is 35.6 Å². The molecule has 1 aromatic rings. The van der Waals surface area contributed by atoms with Crippen LogP contribution in [0.2, 0.25) is 0 Å². The second-order valence-electron chi connectivity index (χ2n) is 9.31. The van der Waals surface area contributed by atoms with E-state index in [1.165, 1.54) is 12.1 Å². The van der Waals surface area contributed by atoms with Gasteiger partial charge in [0.15, 0.2) is 0 Å². The molecule has 1 aliphatic rings. The highest BCUT2D eigenvalue weighted by atomic mass is 19.1. The molecule has 0 spiro atoms. The lowest BCUT2D eigenvalue weighted by atomic mass is 9.78. The zero-order valence-corrected chi connectivity index (χ0v) is 18.9. The maximum atomic E-state index is 13.3. The van der Waals surface area contributed by atoms with E-state index in [0.29, 0.717) is 12.3 Å². The average molecular weight is 422 g/mol. The Morgan fingerprint density at radius 2 is 1.90 bits per heavy atom. The van der Waals surface area contributed by atoms with Crippen LogP contribution in [0.15, 0.2) is 24.3 Å². The Hall–Kier alpha value is -2.11. The largest absolute Gasteiger partial charge is 0.461 e. The van der Waals surface area contributed by atoms with E-state index in [1.807, 2.05) is 6.92 Å². The first-order chi connectivity index (χ1) is 14.1. The number of halogens is 1. The van der Waals surface area contributed by atoms with Crippen molar-refractivity contribution in [2.45, 2.75) is 90.9 Å². The summed E-state index contributed by atoms with van der Waals surface area (Å²) in [5.41, 5.74) is 0.403. The van der Waals surface area contributed by atoms with Gasteiger partial charge in [0, 0.05) is 5.92 Å². The average Bonchev–Trinajstić information content (AvgIpc) is 2.68. The van der Waals surface area contributed by atoms with E-state index >= 15 is 0 Å². The zero-order valence-electron chi connectivity index (χ0n) is 18.9. The SMILES string of the molecule is CCC[C@H]1CCC[C@H](NC(=O)OC(C)(C)C)C(=O)O[C@@H](C)[C@@H]1Cc1ccc(F)cc1. The van der Waals surface area contributed by atoms with E-state index in [0.717, 1.165) is 37.7 Å². The third-order valence-corrected chi connectivity index (χ3v) is 5.60. The number of nitrogens with one attached hydrogen (secondary N) is 1. The van der Waals surface area contributed by atoms with Gasteiger partial charge >= 0.3 is 12.1 Å². The number of carbonyl (C=O) groups excluding carboxylic acids is 2. The molecular formula is C24H36FNO4. The van der Waals surface area contributed by atoms with Crippen molar-refractivity contribution in [1.29, 1.82) is 0 Å². The van der Waals surface area contributed by atoms with Crippen molar-refractivity contribution in [2.75, 3.05) is 0 Å². The van der Waals surface area contributed by atoms with Crippen molar-refractivity contribution in [2.24, 2.45) is 11.8 Å². The Kier molecular flexibility index (Phi) is 8.68. The van der Waals surface area contributed by atoms with Gasteiger partial charge in [0.1, 0.15) is 23.6 Å². The number of benzene rings is 1. The summed E-state index contributed by atoms with van der Waals surface area (Å²) in [6.07, 6.45) is 4.19. The van der Waals surface area contributed by atoms with Crippen LogP contribution in [-0.2, 0) is 20.7 Å². The molecule has 5 nitrogen and oxygen atoms in total. The summed E-state index contributed by atoms with van der Waals surface area (Å²) in [7, 11) is 0. The quantitative estimate of drug-likeness (QED) is 0.646. The first kappa shape index (κ1) is 24.2. The molecular weight excluding hydrogens is 385 g/mol. The molecule has 0 bridgehead atoms. The van der Waals surface area contributed by atoms with Gasteiger partial charge in [-0.25, -0.2) is 14.0 Å². The van der Waals surface area contributed by atoms with E-state index in [4.69, 9.17) is 9.47 Å². The van der Waals surface area contributed by atoms with E-state index in [9.17, 15) is 14.0 Å². The highest BCUT2D eigenvalue weighted by molar-refractivity contribution is 5.81. The number of hydrogen-bond donors (Lipinski definition) is 1. The molecule has 0 aliphatic carbocycles. The second-order valence-corrected chi connectivity index (χ2v) is 9.31. The predicted octanol–water partition coefficient (Wildman–Crippen LogP) is 5.41. The number of carbonyl (C=O) groups is 2.